The van der Waals surface area contributed by atoms with E-state index in [2.05, 4.69) is 22.2 Å². The van der Waals surface area contributed by atoms with Gasteiger partial charge in [0, 0.05) is 24.1 Å². The van der Waals surface area contributed by atoms with E-state index >= 15 is 0 Å². The fourth-order valence-electron chi connectivity index (χ4n) is 1.61. The van der Waals surface area contributed by atoms with Crippen LogP contribution in [0.5, 0.6) is 5.75 Å². The zero-order chi connectivity index (χ0) is 14.4. The van der Waals surface area contributed by atoms with Crippen LogP contribution in [0, 0.1) is 11.3 Å². The van der Waals surface area contributed by atoms with Crippen molar-refractivity contribution in [2.24, 2.45) is 0 Å². The molecule has 0 saturated carbocycles. The second kappa shape index (κ2) is 6.53. The summed E-state index contributed by atoms with van der Waals surface area (Å²) in [5, 5.41) is 12.1. The first-order valence-corrected chi connectivity index (χ1v) is 6.47. The van der Waals surface area contributed by atoms with E-state index in [0.717, 1.165) is 17.9 Å². The van der Waals surface area contributed by atoms with Gasteiger partial charge in [0.1, 0.15) is 11.8 Å². The van der Waals surface area contributed by atoms with E-state index in [1.54, 1.807) is 6.20 Å². The molecule has 20 heavy (non-hydrogen) atoms. The summed E-state index contributed by atoms with van der Waals surface area (Å²) in [6.45, 7) is 4.10. The molecule has 1 atom stereocenters. The fourth-order valence-corrected chi connectivity index (χ4v) is 1.61. The highest BCUT2D eigenvalue weighted by atomic mass is 16.5. The molecule has 1 N–H and O–H groups in total. The molecule has 2 aromatic rings. The van der Waals surface area contributed by atoms with Gasteiger partial charge in [-0.1, -0.05) is 13.0 Å². The van der Waals surface area contributed by atoms with Crippen LogP contribution < -0.4 is 10.1 Å². The second-order valence-corrected chi connectivity index (χ2v) is 4.35. The first kappa shape index (κ1) is 13.8. The summed E-state index contributed by atoms with van der Waals surface area (Å²) in [6, 6.07) is 9.56. The van der Waals surface area contributed by atoms with Crippen LogP contribution in [0.2, 0.25) is 0 Å². The molecule has 0 radical (unpaired) electrons. The first-order chi connectivity index (χ1) is 9.72. The third-order valence-electron chi connectivity index (χ3n) is 2.81. The number of nitriles is 1. The van der Waals surface area contributed by atoms with E-state index in [1.165, 1.54) is 6.20 Å². The van der Waals surface area contributed by atoms with Crippen LogP contribution in [0.1, 0.15) is 26.0 Å². The van der Waals surface area contributed by atoms with Gasteiger partial charge in [-0.25, -0.2) is 9.97 Å². The lowest BCUT2D eigenvalue weighted by Gasteiger charge is -2.14. The van der Waals surface area contributed by atoms with Crippen molar-refractivity contribution in [2.75, 3.05) is 5.32 Å². The van der Waals surface area contributed by atoms with E-state index in [-0.39, 0.29) is 11.8 Å². The summed E-state index contributed by atoms with van der Waals surface area (Å²) < 4.78 is 5.76. The number of hydrogen-bond donors (Lipinski definition) is 1. The lowest BCUT2D eigenvalue weighted by atomic mass is 10.2. The summed E-state index contributed by atoms with van der Waals surface area (Å²) in [5.41, 5.74) is 1.07. The number of hydrogen-bond acceptors (Lipinski definition) is 5. The van der Waals surface area contributed by atoms with Gasteiger partial charge in [-0.05, 0) is 25.5 Å². The lowest BCUT2D eigenvalue weighted by Crippen LogP contribution is -2.09. The van der Waals surface area contributed by atoms with Crippen molar-refractivity contribution in [1.29, 1.82) is 5.26 Å². The molecule has 5 heteroatoms. The molecule has 0 fully saturated rings. The summed E-state index contributed by atoms with van der Waals surface area (Å²) in [6.07, 6.45) is 4.14. The number of ether oxygens (including phenoxy) is 1. The molecule has 1 unspecified atom stereocenters. The van der Waals surface area contributed by atoms with Crippen LogP contribution in [0.15, 0.2) is 36.7 Å². The molecular weight excluding hydrogens is 252 g/mol. The number of nitrogens with one attached hydrogen (secondary N) is 1. The van der Waals surface area contributed by atoms with Crippen molar-refractivity contribution in [3.63, 3.8) is 0 Å². The molecule has 1 aromatic heterocycles. The third kappa shape index (κ3) is 3.45. The molecule has 0 bridgehead atoms. The average Bonchev–Trinajstić information content (AvgIpc) is 2.48. The normalized spacial score (nSPS) is 11.4. The predicted octanol–water partition coefficient (Wildman–Crippen LogP) is 3.27. The van der Waals surface area contributed by atoms with Gasteiger partial charge in [-0.2, -0.15) is 5.26 Å². The molecule has 2 rings (SSSR count). The Kier molecular flexibility index (Phi) is 4.51. The van der Waals surface area contributed by atoms with Gasteiger partial charge in [0.05, 0.1) is 6.10 Å². The minimum Gasteiger partial charge on any atom is -0.491 e. The highest BCUT2D eigenvalue weighted by Gasteiger charge is 2.06. The second-order valence-electron chi connectivity index (χ2n) is 4.35. The highest BCUT2D eigenvalue weighted by Crippen LogP contribution is 2.22. The van der Waals surface area contributed by atoms with E-state index in [9.17, 15) is 0 Å². The van der Waals surface area contributed by atoms with Crippen molar-refractivity contribution in [3.05, 3.63) is 42.4 Å². The van der Waals surface area contributed by atoms with Crippen molar-refractivity contribution in [3.8, 4) is 11.8 Å². The molecule has 0 amide bonds. The predicted molar refractivity (Wildman–Crippen MR) is 76.9 cm³/mol. The summed E-state index contributed by atoms with van der Waals surface area (Å²) >= 11 is 0. The monoisotopic (exact) mass is 268 g/mol. The Labute approximate surface area is 118 Å². The average molecular weight is 268 g/mol. The Bertz CT molecular complexity index is 621. The van der Waals surface area contributed by atoms with E-state index in [4.69, 9.17) is 10.00 Å². The van der Waals surface area contributed by atoms with Crippen LogP contribution in [0.4, 0.5) is 11.5 Å². The van der Waals surface area contributed by atoms with E-state index < -0.39 is 0 Å². The van der Waals surface area contributed by atoms with Crippen LogP contribution in [0.3, 0.4) is 0 Å². The van der Waals surface area contributed by atoms with Gasteiger partial charge in [-0.15, -0.1) is 0 Å². The Morgan fingerprint density at radius 1 is 1.35 bits per heavy atom. The Hall–Kier alpha value is -2.61. The molecule has 102 valence electrons. The molecule has 1 aromatic carbocycles. The molecule has 5 nitrogen and oxygen atoms in total. The van der Waals surface area contributed by atoms with Gasteiger partial charge < -0.3 is 10.1 Å². The highest BCUT2D eigenvalue weighted by molar-refractivity contribution is 5.61. The Morgan fingerprint density at radius 3 is 2.90 bits per heavy atom. The van der Waals surface area contributed by atoms with Gasteiger partial charge in [-0.3, -0.25) is 0 Å². The molecular formula is C15H16N4O. The zero-order valence-corrected chi connectivity index (χ0v) is 11.5. The van der Waals surface area contributed by atoms with Crippen molar-refractivity contribution in [2.45, 2.75) is 26.4 Å². The quantitative estimate of drug-likeness (QED) is 0.901. The lowest BCUT2D eigenvalue weighted by molar-refractivity contribution is 0.217. The minimum atomic E-state index is 0.163. The minimum absolute atomic E-state index is 0.163. The fraction of sp³-hybridized carbons (Fsp3) is 0.267. The van der Waals surface area contributed by atoms with Gasteiger partial charge in [0.15, 0.2) is 11.5 Å². The maximum atomic E-state index is 8.98. The number of nitrogens with zero attached hydrogens (tertiary/aromatic N) is 3. The number of rotatable bonds is 5. The van der Waals surface area contributed by atoms with Crippen LogP contribution >= 0.6 is 0 Å². The number of anilines is 2. The smallest absolute Gasteiger partial charge is 0.183 e. The Balaban J connectivity index is 2.18. The van der Waals surface area contributed by atoms with Crippen LogP contribution in [-0.2, 0) is 0 Å². The van der Waals surface area contributed by atoms with Gasteiger partial charge in [0.2, 0.25) is 0 Å². The largest absolute Gasteiger partial charge is 0.491 e. The molecule has 1 heterocycles. The zero-order valence-electron chi connectivity index (χ0n) is 11.5. The number of benzene rings is 1. The maximum Gasteiger partial charge on any atom is 0.183 e. The maximum absolute atomic E-state index is 8.98. The summed E-state index contributed by atoms with van der Waals surface area (Å²) in [5.74, 6) is 1.22. The summed E-state index contributed by atoms with van der Waals surface area (Å²) in [4.78, 5) is 8.07. The van der Waals surface area contributed by atoms with Crippen molar-refractivity contribution < 1.29 is 4.74 Å². The molecule has 0 aliphatic heterocycles. The third-order valence-corrected chi connectivity index (χ3v) is 2.81. The SMILES string of the molecule is CCC(C)Oc1cccc(Nc2nccnc2C#N)c1. The topological polar surface area (TPSA) is 70.8 Å². The Morgan fingerprint density at radius 2 is 2.15 bits per heavy atom. The van der Waals surface area contributed by atoms with Crippen LogP contribution in [0.25, 0.3) is 0 Å². The van der Waals surface area contributed by atoms with Gasteiger partial charge >= 0.3 is 0 Å². The first-order valence-electron chi connectivity index (χ1n) is 6.47. The molecule has 0 saturated heterocycles. The molecule has 0 aliphatic rings. The van der Waals surface area contributed by atoms with Crippen LogP contribution in [-0.4, -0.2) is 16.1 Å². The van der Waals surface area contributed by atoms with Gasteiger partial charge in [0.25, 0.3) is 0 Å². The van der Waals surface area contributed by atoms with E-state index in [1.807, 2.05) is 37.3 Å². The molecule has 0 aliphatic carbocycles. The standard InChI is InChI=1S/C15H16N4O/c1-3-11(2)20-13-6-4-5-12(9-13)19-15-14(10-16)17-7-8-18-15/h4-9,11H,3H2,1-2H3,(H,18,19). The van der Waals surface area contributed by atoms with Crippen molar-refractivity contribution >= 4 is 11.5 Å². The number of aromatic nitrogens is 2. The summed E-state index contributed by atoms with van der Waals surface area (Å²) in [7, 11) is 0. The van der Waals surface area contributed by atoms with E-state index in [0.29, 0.717) is 5.82 Å². The molecule has 0 spiro atoms. The van der Waals surface area contributed by atoms with Crippen molar-refractivity contribution in [1.82, 2.24) is 9.97 Å².